The van der Waals surface area contributed by atoms with Crippen molar-refractivity contribution in [1.29, 1.82) is 0 Å². The number of nitrogens with zero attached hydrogens (tertiary/aromatic N) is 2. The molecule has 0 amide bonds. The molecule has 0 spiro atoms. The topological polar surface area (TPSA) is 100 Å². The number of aromatic nitrogens is 3. The van der Waals surface area contributed by atoms with Crippen LogP contribution in [-0.2, 0) is 0 Å². The minimum absolute atomic E-state index is 0.161. The zero-order chi connectivity index (χ0) is 23.7. The van der Waals surface area contributed by atoms with Crippen LogP contribution < -0.4 is 10.1 Å². The van der Waals surface area contributed by atoms with Crippen LogP contribution in [0.1, 0.15) is 48.5 Å². The molecule has 1 aliphatic rings. The number of rotatable bonds is 6. The summed E-state index contributed by atoms with van der Waals surface area (Å²) in [4.78, 5) is 25.3. The Labute approximate surface area is 202 Å². The summed E-state index contributed by atoms with van der Waals surface area (Å²) >= 11 is 6.50. The Morgan fingerprint density at radius 1 is 1.12 bits per heavy atom. The molecule has 8 heteroatoms. The molecular formula is C26H25ClN4O3. The first kappa shape index (κ1) is 22.4. The molecule has 0 atom stereocenters. The van der Waals surface area contributed by atoms with Gasteiger partial charge < -0.3 is 20.1 Å². The molecule has 0 unspecified atom stereocenters. The molecule has 0 radical (unpaired) electrons. The highest BCUT2D eigenvalue weighted by molar-refractivity contribution is 6.35. The zero-order valence-corrected chi connectivity index (χ0v) is 19.5. The predicted molar refractivity (Wildman–Crippen MR) is 132 cm³/mol. The van der Waals surface area contributed by atoms with Crippen LogP contribution in [0.3, 0.4) is 0 Å². The molecule has 0 bridgehead atoms. The highest BCUT2D eigenvalue weighted by atomic mass is 35.5. The molecule has 5 rings (SSSR count). The number of fused-ring (bicyclic) bond motifs is 1. The lowest BCUT2D eigenvalue weighted by Gasteiger charge is -2.33. The van der Waals surface area contributed by atoms with Crippen molar-refractivity contribution in [2.45, 2.75) is 44.2 Å². The first-order valence-corrected chi connectivity index (χ1v) is 11.7. The summed E-state index contributed by atoms with van der Waals surface area (Å²) in [5, 5.41) is 14.6. The molecule has 0 saturated heterocycles. The fourth-order valence-electron chi connectivity index (χ4n) is 4.34. The van der Waals surface area contributed by atoms with Crippen molar-refractivity contribution in [2.75, 3.05) is 5.32 Å². The number of halogens is 1. The lowest BCUT2D eigenvalue weighted by molar-refractivity contribution is 0.0196. The standard InChI is InChI=1S/C26H25ClN4O3/c1-26(33)11-9-16(10-12-26)31-25-22-20(14-28-24(22)29-15-30-25)23(32)19-8-7-18(13-21(19)27)34-17-5-3-2-4-6-17/h2-8,13-16,33H,9-12H2,1H3,(H2,28,29,30,31)/t16-,26-. The Hall–Kier alpha value is -3.42. The normalized spacial score (nSPS) is 20.3. The first-order chi connectivity index (χ1) is 16.4. The first-order valence-electron chi connectivity index (χ1n) is 11.3. The second-order valence-corrected chi connectivity index (χ2v) is 9.36. The molecule has 3 N–H and O–H groups in total. The van der Waals surface area contributed by atoms with Crippen molar-refractivity contribution < 1.29 is 14.6 Å². The molecule has 1 aliphatic carbocycles. The number of ether oxygens (including phenoxy) is 1. The largest absolute Gasteiger partial charge is 0.457 e. The van der Waals surface area contributed by atoms with E-state index in [1.807, 2.05) is 37.3 Å². The van der Waals surface area contributed by atoms with Gasteiger partial charge in [0, 0.05) is 23.9 Å². The molecule has 1 fully saturated rings. The maximum Gasteiger partial charge on any atom is 0.196 e. The average Bonchev–Trinajstić information content (AvgIpc) is 3.26. The van der Waals surface area contributed by atoms with E-state index in [0.29, 0.717) is 57.3 Å². The number of carbonyl (C=O) groups excluding carboxylic acids is 1. The van der Waals surface area contributed by atoms with Crippen molar-refractivity contribution in [3.05, 3.63) is 77.2 Å². The van der Waals surface area contributed by atoms with Crippen molar-refractivity contribution in [3.8, 4) is 11.5 Å². The van der Waals surface area contributed by atoms with Crippen molar-refractivity contribution in [2.24, 2.45) is 0 Å². The summed E-state index contributed by atoms with van der Waals surface area (Å²) in [6.45, 7) is 1.87. The molecule has 1 saturated carbocycles. The van der Waals surface area contributed by atoms with Crippen molar-refractivity contribution in [1.82, 2.24) is 15.0 Å². The van der Waals surface area contributed by atoms with Gasteiger partial charge in [0.05, 0.1) is 21.6 Å². The van der Waals surface area contributed by atoms with Crippen LogP contribution in [0.2, 0.25) is 5.02 Å². The van der Waals surface area contributed by atoms with E-state index in [1.165, 1.54) is 6.33 Å². The van der Waals surface area contributed by atoms with E-state index in [9.17, 15) is 9.90 Å². The van der Waals surface area contributed by atoms with Crippen LogP contribution in [0.5, 0.6) is 11.5 Å². The molecule has 2 aromatic carbocycles. The molecule has 34 heavy (non-hydrogen) atoms. The third-order valence-corrected chi connectivity index (χ3v) is 6.59. The van der Waals surface area contributed by atoms with E-state index in [2.05, 4.69) is 20.3 Å². The van der Waals surface area contributed by atoms with Gasteiger partial charge in [-0.25, -0.2) is 9.97 Å². The Balaban J connectivity index is 1.41. The highest BCUT2D eigenvalue weighted by Crippen LogP contribution is 2.33. The number of carbonyl (C=O) groups is 1. The van der Waals surface area contributed by atoms with Crippen LogP contribution in [-0.4, -0.2) is 37.5 Å². The number of aliphatic hydroxyl groups is 1. The van der Waals surface area contributed by atoms with Gasteiger partial charge in [0.25, 0.3) is 0 Å². The fourth-order valence-corrected chi connectivity index (χ4v) is 4.60. The van der Waals surface area contributed by atoms with Crippen molar-refractivity contribution in [3.63, 3.8) is 0 Å². The molecule has 4 aromatic rings. The second kappa shape index (κ2) is 9.08. The van der Waals surface area contributed by atoms with Gasteiger partial charge in [-0.2, -0.15) is 0 Å². The molecular weight excluding hydrogens is 452 g/mol. The quantitative estimate of drug-likeness (QED) is 0.307. The summed E-state index contributed by atoms with van der Waals surface area (Å²) in [7, 11) is 0. The van der Waals surface area contributed by atoms with E-state index in [1.54, 1.807) is 24.4 Å². The van der Waals surface area contributed by atoms with E-state index in [-0.39, 0.29) is 11.8 Å². The SMILES string of the molecule is C[C@]1(O)CC[C@H](Nc2ncnc3[nH]cc(C(=O)c4ccc(Oc5ccccc5)cc4Cl)c23)CC1. The third-order valence-electron chi connectivity index (χ3n) is 6.28. The lowest BCUT2D eigenvalue weighted by Crippen LogP contribution is -2.36. The highest BCUT2D eigenvalue weighted by Gasteiger charge is 2.29. The van der Waals surface area contributed by atoms with Gasteiger partial charge in [-0.15, -0.1) is 0 Å². The van der Waals surface area contributed by atoms with Crippen LogP contribution in [0.4, 0.5) is 5.82 Å². The summed E-state index contributed by atoms with van der Waals surface area (Å²) in [6.07, 6.45) is 6.18. The lowest BCUT2D eigenvalue weighted by atomic mass is 9.83. The summed E-state index contributed by atoms with van der Waals surface area (Å²) < 4.78 is 5.82. The molecule has 2 aromatic heterocycles. The number of para-hydroxylation sites is 1. The minimum atomic E-state index is -0.623. The number of aromatic amines is 1. The Kier molecular flexibility index (Phi) is 5.98. The summed E-state index contributed by atoms with van der Waals surface area (Å²) in [5.74, 6) is 1.60. The average molecular weight is 477 g/mol. The van der Waals surface area contributed by atoms with Gasteiger partial charge in [0.2, 0.25) is 0 Å². The summed E-state index contributed by atoms with van der Waals surface area (Å²) in [6, 6.07) is 14.6. The Bertz CT molecular complexity index is 1330. The van der Waals surface area contributed by atoms with Crippen LogP contribution in [0, 0.1) is 0 Å². The van der Waals surface area contributed by atoms with E-state index in [4.69, 9.17) is 16.3 Å². The number of nitrogens with one attached hydrogen (secondary N) is 2. The maximum absolute atomic E-state index is 13.5. The second-order valence-electron chi connectivity index (χ2n) is 8.95. The van der Waals surface area contributed by atoms with Gasteiger partial charge in [-0.1, -0.05) is 29.8 Å². The third kappa shape index (κ3) is 4.62. The monoisotopic (exact) mass is 476 g/mol. The van der Waals surface area contributed by atoms with Gasteiger partial charge in [0.1, 0.15) is 29.3 Å². The molecule has 7 nitrogen and oxygen atoms in total. The van der Waals surface area contributed by atoms with Gasteiger partial charge >= 0.3 is 0 Å². The Morgan fingerprint density at radius 2 is 1.88 bits per heavy atom. The van der Waals surface area contributed by atoms with E-state index in [0.717, 1.165) is 12.8 Å². The number of H-pyrrole nitrogens is 1. The molecule has 0 aliphatic heterocycles. The minimum Gasteiger partial charge on any atom is -0.457 e. The molecule has 2 heterocycles. The number of ketones is 1. The van der Waals surface area contributed by atoms with Gasteiger partial charge in [0.15, 0.2) is 5.78 Å². The van der Waals surface area contributed by atoms with Gasteiger partial charge in [-0.05, 0) is 56.9 Å². The zero-order valence-electron chi connectivity index (χ0n) is 18.7. The number of benzene rings is 2. The van der Waals surface area contributed by atoms with Crippen molar-refractivity contribution >= 4 is 34.2 Å². The smallest absolute Gasteiger partial charge is 0.196 e. The predicted octanol–water partition coefficient (Wildman–Crippen LogP) is 5.74. The Morgan fingerprint density at radius 3 is 2.62 bits per heavy atom. The van der Waals surface area contributed by atoms with E-state index < -0.39 is 5.60 Å². The van der Waals surface area contributed by atoms with Crippen LogP contribution in [0.15, 0.2) is 61.1 Å². The van der Waals surface area contributed by atoms with Crippen LogP contribution >= 0.6 is 11.6 Å². The van der Waals surface area contributed by atoms with E-state index >= 15 is 0 Å². The fraction of sp³-hybridized carbons (Fsp3) is 0.269. The molecule has 174 valence electrons. The van der Waals surface area contributed by atoms with Gasteiger partial charge in [-0.3, -0.25) is 4.79 Å². The number of anilines is 1. The van der Waals surface area contributed by atoms with Crippen LogP contribution in [0.25, 0.3) is 11.0 Å². The maximum atomic E-state index is 13.5. The number of hydrogen-bond acceptors (Lipinski definition) is 6. The summed E-state index contributed by atoms with van der Waals surface area (Å²) in [5.41, 5.74) is 0.761. The number of hydrogen-bond donors (Lipinski definition) is 3.